The second-order valence-electron chi connectivity index (χ2n) is 4.73. The maximum Gasteiger partial charge on any atom is 0.0424 e. The third-order valence-corrected chi connectivity index (χ3v) is 3.38. The molecule has 0 unspecified atom stereocenters. The molecule has 2 heteroatoms. The Morgan fingerprint density at radius 3 is 2.25 bits per heavy atom. The molecule has 1 fully saturated rings. The minimum absolute atomic E-state index is 0.166. The van der Waals surface area contributed by atoms with Crippen LogP contribution in [0.5, 0.6) is 0 Å². The first-order valence-corrected chi connectivity index (χ1v) is 6.39. The molecule has 0 bridgehead atoms. The predicted octanol–water partition coefficient (Wildman–Crippen LogP) is 2.56. The normalized spacial score (nSPS) is 20.3. The molecule has 2 N–H and O–H groups in total. The average Bonchev–Trinajstić information content (AvgIpc) is 2.59. The summed E-state index contributed by atoms with van der Waals surface area (Å²) in [7, 11) is 0. The number of hydrogen-bond donors (Lipinski definition) is 1. The SMILES string of the molecule is N[C@H](CN1CCCCCC1)c1ccccc1. The molecule has 0 saturated carbocycles. The van der Waals surface area contributed by atoms with E-state index >= 15 is 0 Å². The van der Waals surface area contributed by atoms with E-state index in [0.29, 0.717) is 0 Å². The fraction of sp³-hybridized carbons (Fsp3) is 0.571. The maximum absolute atomic E-state index is 6.24. The molecule has 2 rings (SSSR count). The van der Waals surface area contributed by atoms with E-state index in [1.807, 2.05) is 6.07 Å². The molecule has 2 nitrogen and oxygen atoms in total. The van der Waals surface area contributed by atoms with Crippen molar-refractivity contribution in [2.24, 2.45) is 5.73 Å². The zero-order valence-electron chi connectivity index (χ0n) is 9.94. The predicted molar refractivity (Wildman–Crippen MR) is 68.3 cm³/mol. The minimum Gasteiger partial charge on any atom is -0.323 e. The van der Waals surface area contributed by atoms with Gasteiger partial charge in [-0.2, -0.15) is 0 Å². The summed E-state index contributed by atoms with van der Waals surface area (Å²) in [5.74, 6) is 0. The molecule has 1 aliphatic rings. The van der Waals surface area contributed by atoms with Gasteiger partial charge in [0.2, 0.25) is 0 Å². The molecule has 1 atom stereocenters. The van der Waals surface area contributed by atoms with Gasteiger partial charge in [-0.15, -0.1) is 0 Å². The highest BCUT2D eigenvalue weighted by molar-refractivity contribution is 5.18. The van der Waals surface area contributed by atoms with Gasteiger partial charge in [-0.25, -0.2) is 0 Å². The van der Waals surface area contributed by atoms with Crippen molar-refractivity contribution in [1.82, 2.24) is 4.90 Å². The van der Waals surface area contributed by atoms with Gasteiger partial charge in [0.1, 0.15) is 0 Å². The summed E-state index contributed by atoms with van der Waals surface area (Å²) in [6, 6.07) is 10.6. The summed E-state index contributed by atoms with van der Waals surface area (Å²) in [6.45, 7) is 3.45. The van der Waals surface area contributed by atoms with Crippen LogP contribution in [0.4, 0.5) is 0 Å². The zero-order valence-corrected chi connectivity index (χ0v) is 9.94. The van der Waals surface area contributed by atoms with Crippen LogP contribution in [0.2, 0.25) is 0 Å². The maximum atomic E-state index is 6.24. The van der Waals surface area contributed by atoms with E-state index < -0.39 is 0 Å². The molecule has 0 spiro atoms. The Bertz CT molecular complexity index is 289. The highest BCUT2D eigenvalue weighted by Gasteiger charge is 2.13. The summed E-state index contributed by atoms with van der Waals surface area (Å²) in [5, 5.41) is 0. The lowest BCUT2D eigenvalue weighted by Gasteiger charge is -2.24. The second kappa shape index (κ2) is 6.02. The van der Waals surface area contributed by atoms with Crippen LogP contribution in [0.25, 0.3) is 0 Å². The fourth-order valence-corrected chi connectivity index (χ4v) is 2.40. The average molecular weight is 218 g/mol. The number of hydrogen-bond acceptors (Lipinski definition) is 2. The number of rotatable bonds is 3. The van der Waals surface area contributed by atoms with Crippen molar-refractivity contribution >= 4 is 0 Å². The topological polar surface area (TPSA) is 29.3 Å². The fourth-order valence-electron chi connectivity index (χ4n) is 2.40. The van der Waals surface area contributed by atoms with Gasteiger partial charge >= 0.3 is 0 Å². The largest absolute Gasteiger partial charge is 0.323 e. The Labute approximate surface area is 98.4 Å². The molecule has 16 heavy (non-hydrogen) atoms. The molecule has 1 aromatic rings. The van der Waals surface area contributed by atoms with E-state index in [4.69, 9.17) is 5.73 Å². The van der Waals surface area contributed by atoms with Crippen LogP contribution in [0.1, 0.15) is 37.3 Å². The number of likely N-dealkylation sites (tertiary alicyclic amines) is 1. The van der Waals surface area contributed by atoms with Gasteiger partial charge in [-0.1, -0.05) is 43.2 Å². The van der Waals surface area contributed by atoms with Crippen molar-refractivity contribution in [1.29, 1.82) is 0 Å². The molecule has 0 radical (unpaired) electrons. The van der Waals surface area contributed by atoms with Crippen molar-refractivity contribution in [3.8, 4) is 0 Å². The lowest BCUT2D eigenvalue weighted by molar-refractivity contribution is 0.268. The standard InChI is InChI=1S/C14H22N2/c15-14(13-8-4-3-5-9-13)12-16-10-6-1-2-7-11-16/h3-5,8-9,14H,1-2,6-7,10-12,15H2/t14-/m1/s1. The summed E-state index contributed by atoms with van der Waals surface area (Å²) in [4.78, 5) is 2.52. The molecular formula is C14H22N2. The highest BCUT2D eigenvalue weighted by atomic mass is 15.1. The van der Waals surface area contributed by atoms with Crippen molar-refractivity contribution in [3.05, 3.63) is 35.9 Å². The summed E-state index contributed by atoms with van der Waals surface area (Å²) in [5.41, 5.74) is 7.49. The van der Waals surface area contributed by atoms with Gasteiger partial charge in [-0.3, -0.25) is 0 Å². The third-order valence-electron chi connectivity index (χ3n) is 3.38. The van der Waals surface area contributed by atoms with Crippen molar-refractivity contribution in [2.45, 2.75) is 31.7 Å². The van der Waals surface area contributed by atoms with Crippen LogP contribution in [0.3, 0.4) is 0 Å². The van der Waals surface area contributed by atoms with Gasteiger partial charge in [0, 0.05) is 12.6 Å². The first-order valence-electron chi connectivity index (χ1n) is 6.39. The van der Waals surface area contributed by atoms with Gasteiger partial charge in [0.25, 0.3) is 0 Å². The molecule has 0 aromatic heterocycles. The molecule has 1 saturated heterocycles. The van der Waals surface area contributed by atoms with Crippen LogP contribution in [0.15, 0.2) is 30.3 Å². The summed E-state index contributed by atoms with van der Waals surface area (Å²) < 4.78 is 0. The minimum atomic E-state index is 0.166. The molecule has 1 heterocycles. The molecule has 88 valence electrons. The Kier molecular flexibility index (Phi) is 4.37. The monoisotopic (exact) mass is 218 g/mol. The summed E-state index contributed by atoms with van der Waals surface area (Å²) >= 11 is 0. The van der Waals surface area contributed by atoms with Crippen LogP contribution in [-0.2, 0) is 0 Å². The van der Waals surface area contributed by atoms with Crippen molar-refractivity contribution < 1.29 is 0 Å². The van der Waals surface area contributed by atoms with Gasteiger partial charge in [-0.05, 0) is 31.5 Å². The molecular weight excluding hydrogens is 196 g/mol. The molecule has 1 aromatic carbocycles. The molecule has 0 aliphatic carbocycles. The van der Waals surface area contributed by atoms with E-state index in [-0.39, 0.29) is 6.04 Å². The lowest BCUT2D eigenvalue weighted by Crippen LogP contribution is -2.32. The van der Waals surface area contributed by atoms with Crippen LogP contribution in [-0.4, -0.2) is 24.5 Å². The van der Waals surface area contributed by atoms with Gasteiger partial charge in [0.15, 0.2) is 0 Å². The van der Waals surface area contributed by atoms with Crippen LogP contribution in [0, 0.1) is 0 Å². The lowest BCUT2D eigenvalue weighted by atomic mass is 10.1. The Balaban J connectivity index is 1.88. The third kappa shape index (κ3) is 3.32. The second-order valence-corrected chi connectivity index (χ2v) is 4.73. The Morgan fingerprint density at radius 1 is 1.00 bits per heavy atom. The van der Waals surface area contributed by atoms with Gasteiger partial charge < -0.3 is 10.6 Å². The van der Waals surface area contributed by atoms with E-state index in [1.165, 1.54) is 44.3 Å². The highest BCUT2D eigenvalue weighted by Crippen LogP contribution is 2.15. The first kappa shape index (κ1) is 11.6. The zero-order chi connectivity index (χ0) is 11.2. The van der Waals surface area contributed by atoms with Crippen molar-refractivity contribution in [2.75, 3.05) is 19.6 Å². The van der Waals surface area contributed by atoms with E-state index in [0.717, 1.165) is 6.54 Å². The molecule has 1 aliphatic heterocycles. The van der Waals surface area contributed by atoms with E-state index in [1.54, 1.807) is 0 Å². The van der Waals surface area contributed by atoms with Crippen LogP contribution < -0.4 is 5.73 Å². The van der Waals surface area contributed by atoms with E-state index in [2.05, 4.69) is 29.2 Å². The van der Waals surface area contributed by atoms with Gasteiger partial charge in [0.05, 0.1) is 0 Å². The number of benzene rings is 1. The quantitative estimate of drug-likeness (QED) is 0.845. The number of nitrogens with zero attached hydrogens (tertiary/aromatic N) is 1. The summed E-state index contributed by atoms with van der Waals surface area (Å²) in [6.07, 6.45) is 5.44. The van der Waals surface area contributed by atoms with Crippen molar-refractivity contribution in [3.63, 3.8) is 0 Å². The van der Waals surface area contributed by atoms with Crippen LogP contribution >= 0.6 is 0 Å². The smallest absolute Gasteiger partial charge is 0.0424 e. The first-order chi connectivity index (χ1) is 7.86. The molecule has 0 amide bonds. The Hall–Kier alpha value is -0.860. The Morgan fingerprint density at radius 2 is 1.62 bits per heavy atom. The number of nitrogens with two attached hydrogens (primary N) is 1. The van der Waals surface area contributed by atoms with E-state index in [9.17, 15) is 0 Å².